The van der Waals surface area contributed by atoms with Crippen LogP contribution in [0.25, 0.3) is 28.6 Å². The number of amides is 1. The zero-order chi connectivity index (χ0) is 19.1. The third-order valence-corrected chi connectivity index (χ3v) is 4.93. The summed E-state index contributed by atoms with van der Waals surface area (Å²) in [4.78, 5) is 19.3. The molecule has 0 aliphatic carbocycles. The Balaban J connectivity index is 1.60. The molecule has 1 amide bonds. The summed E-state index contributed by atoms with van der Waals surface area (Å²) < 4.78 is 0. The maximum Gasteiger partial charge on any atom is 0.278 e. The van der Waals surface area contributed by atoms with Gasteiger partial charge in [-0.05, 0) is 34.7 Å². The molecule has 4 nitrogen and oxygen atoms in total. The molecule has 2 N–H and O–H groups in total. The van der Waals surface area contributed by atoms with Crippen LogP contribution in [0.3, 0.4) is 0 Å². The zero-order valence-corrected chi connectivity index (χ0v) is 14.9. The molecule has 1 aliphatic rings. The van der Waals surface area contributed by atoms with Gasteiger partial charge in [-0.2, -0.15) is 0 Å². The molecule has 134 valence electrons. The van der Waals surface area contributed by atoms with E-state index in [9.17, 15) is 9.90 Å². The molecule has 4 aromatic rings. The van der Waals surface area contributed by atoms with E-state index >= 15 is 0 Å². The van der Waals surface area contributed by atoms with Crippen LogP contribution in [-0.4, -0.2) is 16.0 Å². The molecule has 0 spiro atoms. The monoisotopic (exact) mass is 364 g/mol. The van der Waals surface area contributed by atoms with Crippen molar-refractivity contribution >= 4 is 34.5 Å². The lowest BCUT2D eigenvalue weighted by Gasteiger charge is -1.94. The number of hydrogen-bond donors (Lipinski definition) is 2. The lowest BCUT2D eigenvalue weighted by molar-refractivity contribution is -0.112. The van der Waals surface area contributed by atoms with E-state index in [0.717, 1.165) is 37.5 Å². The van der Waals surface area contributed by atoms with Gasteiger partial charge in [0.2, 0.25) is 0 Å². The van der Waals surface area contributed by atoms with Gasteiger partial charge in [0.05, 0.1) is 10.9 Å². The highest BCUT2D eigenvalue weighted by atomic mass is 16.3. The fourth-order valence-corrected chi connectivity index (χ4v) is 3.54. The molecule has 0 unspecified atom stereocenters. The summed E-state index contributed by atoms with van der Waals surface area (Å²) in [5.41, 5.74) is 2.27. The second kappa shape index (κ2) is 6.35. The van der Waals surface area contributed by atoms with Gasteiger partial charge < -0.3 is 10.1 Å². The Morgan fingerprint density at radius 1 is 0.821 bits per heavy atom. The summed E-state index contributed by atoms with van der Waals surface area (Å²) in [6.45, 7) is 0. The van der Waals surface area contributed by atoms with E-state index < -0.39 is 0 Å². The Morgan fingerprint density at radius 2 is 1.50 bits per heavy atom. The molecular weight excluding hydrogens is 348 g/mol. The Bertz CT molecular complexity index is 1470. The van der Waals surface area contributed by atoms with E-state index in [-0.39, 0.29) is 11.8 Å². The van der Waals surface area contributed by atoms with Crippen LogP contribution in [0.4, 0.5) is 0 Å². The third-order valence-electron chi connectivity index (χ3n) is 4.93. The van der Waals surface area contributed by atoms with E-state index in [0.29, 0.717) is 5.57 Å². The highest BCUT2D eigenvalue weighted by Crippen LogP contribution is 2.27. The molecule has 0 bridgehead atoms. The second-order valence-electron chi connectivity index (χ2n) is 6.74. The summed E-state index contributed by atoms with van der Waals surface area (Å²) in [7, 11) is 0. The van der Waals surface area contributed by atoms with Crippen molar-refractivity contribution in [1.82, 2.24) is 4.98 Å². The number of nitrogens with zero attached hydrogens (tertiary/aromatic N) is 1. The zero-order valence-electron chi connectivity index (χ0n) is 14.9. The molecule has 5 rings (SSSR count). The van der Waals surface area contributed by atoms with E-state index in [2.05, 4.69) is 9.98 Å². The summed E-state index contributed by atoms with van der Waals surface area (Å²) in [5.74, 6) is -0.0530. The lowest BCUT2D eigenvalue weighted by atomic mass is 10.1. The van der Waals surface area contributed by atoms with Gasteiger partial charge in [-0.25, -0.2) is 4.99 Å². The summed E-state index contributed by atoms with van der Waals surface area (Å²) >= 11 is 0. The molecule has 3 aromatic carbocycles. The first-order valence-corrected chi connectivity index (χ1v) is 9.01. The molecule has 28 heavy (non-hydrogen) atoms. The molecular formula is C24H16N2O2. The molecule has 0 saturated heterocycles. The number of rotatable bonds is 2. The minimum atomic E-state index is -0.208. The van der Waals surface area contributed by atoms with Crippen molar-refractivity contribution < 1.29 is 9.90 Å². The molecule has 0 fully saturated rings. The molecule has 1 aliphatic heterocycles. The number of para-hydroxylation sites is 2. The second-order valence-corrected chi connectivity index (χ2v) is 6.74. The molecule has 2 heterocycles. The predicted octanol–water partition coefficient (Wildman–Crippen LogP) is 1.49. The average molecular weight is 364 g/mol. The minimum absolute atomic E-state index is 0.155. The van der Waals surface area contributed by atoms with E-state index in [1.54, 1.807) is 0 Å². The number of aromatic amines is 1. The first-order chi connectivity index (χ1) is 13.7. The average Bonchev–Trinajstić information content (AvgIpc) is 3.20. The van der Waals surface area contributed by atoms with Crippen molar-refractivity contribution in [2.24, 2.45) is 4.99 Å². The highest BCUT2D eigenvalue weighted by Gasteiger charge is 2.12. The van der Waals surface area contributed by atoms with Gasteiger partial charge in [-0.3, -0.25) is 4.79 Å². The number of benzene rings is 3. The number of carbonyl (C=O) groups excluding carboxylic acids is 1. The van der Waals surface area contributed by atoms with E-state index in [4.69, 9.17) is 0 Å². The van der Waals surface area contributed by atoms with Gasteiger partial charge in [0.1, 0.15) is 0 Å². The molecule has 0 saturated carbocycles. The van der Waals surface area contributed by atoms with Crippen molar-refractivity contribution in [3.63, 3.8) is 0 Å². The van der Waals surface area contributed by atoms with Crippen LogP contribution in [0.5, 0.6) is 5.88 Å². The topological polar surface area (TPSA) is 65.4 Å². The lowest BCUT2D eigenvalue weighted by Crippen LogP contribution is -2.22. The van der Waals surface area contributed by atoms with Crippen LogP contribution in [0.15, 0.2) is 77.8 Å². The van der Waals surface area contributed by atoms with Crippen molar-refractivity contribution in [3.8, 4) is 5.88 Å². The van der Waals surface area contributed by atoms with Crippen LogP contribution >= 0.6 is 0 Å². The Hall–Kier alpha value is -3.92. The maximum absolute atomic E-state index is 12.2. The van der Waals surface area contributed by atoms with Gasteiger partial charge in [0.25, 0.3) is 5.91 Å². The van der Waals surface area contributed by atoms with Gasteiger partial charge in [0, 0.05) is 21.7 Å². The molecule has 0 atom stereocenters. The van der Waals surface area contributed by atoms with Crippen LogP contribution in [0.2, 0.25) is 0 Å². The van der Waals surface area contributed by atoms with E-state index in [1.165, 1.54) is 0 Å². The van der Waals surface area contributed by atoms with Crippen LogP contribution in [0, 0.1) is 0 Å². The first-order valence-electron chi connectivity index (χ1n) is 9.01. The Labute approximate surface area is 160 Å². The van der Waals surface area contributed by atoms with Gasteiger partial charge in [0.15, 0.2) is 5.88 Å². The SMILES string of the molecule is O=C1N=c2ccccc2=C1C=c1ccc(=Cc2c(O)[nH]c3ccccc23)cc1. The summed E-state index contributed by atoms with van der Waals surface area (Å²) in [5, 5.41) is 14.7. The third kappa shape index (κ3) is 2.72. The Morgan fingerprint density at radius 3 is 2.32 bits per heavy atom. The van der Waals surface area contributed by atoms with Crippen LogP contribution in [0.1, 0.15) is 5.56 Å². The van der Waals surface area contributed by atoms with Crippen LogP contribution in [-0.2, 0) is 4.79 Å². The molecule has 0 radical (unpaired) electrons. The van der Waals surface area contributed by atoms with Gasteiger partial charge in [-0.15, -0.1) is 0 Å². The minimum Gasteiger partial charge on any atom is -0.494 e. The standard InChI is InChI=1S/C24H16N2O2/c27-23-19(17-5-1-3-7-21(17)25-23)13-15-9-11-16(12-10-15)14-20-18-6-2-4-8-22(18)26-24(20)28/h1-14,25,27H. The molecule has 4 heteroatoms. The largest absolute Gasteiger partial charge is 0.494 e. The first kappa shape index (κ1) is 16.3. The number of fused-ring (bicyclic) bond motifs is 2. The number of aromatic nitrogens is 1. The normalized spacial score (nSPS) is 12.7. The summed E-state index contributed by atoms with van der Waals surface area (Å²) in [6, 6.07) is 23.2. The maximum atomic E-state index is 12.2. The van der Waals surface area contributed by atoms with Gasteiger partial charge in [-0.1, -0.05) is 60.7 Å². The van der Waals surface area contributed by atoms with Crippen LogP contribution < -0.4 is 21.0 Å². The van der Waals surface area contributed by atoms with Gasteiger partial charge >= 0.3 is 0 Å². The summed E-state index contributed by atoms with van der Waals surface area (Å²) in [6.07, 6.45) is 3.81. The quantitative estimate of drug-likeness (QED) is 0.566. The molecule has 1 aromatic heterocycles. The smallest absolute Gasteiger partial charge is 0.278 e. The predicted molar refractivity (Wildman–Crippen MR) is 109 cm³/mol. The van der Waals surface area contributed by atoms with Crippen molar-refractivity contribution in [2.45, 2.75) is 0 Å². The fraction of sp³-hybridized carbons (Fsp3) is 0. The number of hydrogen-bond acceptors (Lipinski definition) is 2. The number of nitrogens with one attached hydrogen (secondary N) is 1. The van der Waals surface area contributed by atoms with Crippen molar-refractivity contribution in [3.05, 3.63) is 99.4 Å². The number of aromatic hydroxyl groups is 1. The number of H-pyrrole nitrogens is 1. The van der Waals surface area contributed by atoms with Crippen molar-refractivity contribution in [1.29, 1.82) is 0 Å². The Kier molecular flexibility index (Phi) is 3.69. The van der Waals surface area contributed by atoms with E-state index in [1.807, 2.05) is 84.9 Å². The number of carbonyl (C=O) groups is 1. The highest BCUT2D eigenvalue weighted by molar-refractivity contribution is 6.25. The fourth-order valence-electron chi connectivity index (χ4n) is 3.54. The van der Waals surface area contributed by atoms with Crippen molar-refractivity contribution in [2.75, 3.05) is 0 Å².